The van der Waals surface area contributed by atoms with Crippen LogP contribution in [0.2, 0.25) is 0 Å². The molecular formula is C45H36F6N2O14S4. The van der Waals surface area contributed by atoms with Crippen LogP contribution in [0.4, 0.5) is 26.3 Å². The summed E-state index contributed by atoms with van der Waals surface area (Å²) < 4.78 is 215. The van der Waals surface area contributed by atoms with E-state index in [0.29, 0.717) is 0 Å². The average molecular weight is 1070 g/mol. The first-order valence-electron chi connectivity index (χ1n) is 20.1. The Hall–Kier alpha value is -7.16. The van der Waals surface area contributed by atoms with E-state index >= 15 is 0 Å². The molecule has 0 bridgehead atoms. The second-order valence-electron chi connectivity index (χ2n) is 14.7. The van der Waals surface area contributed by atoms with Crippen LogP contribution in [0.25, 0.3) is 0 Å². The summed E-state index contributed by atoms with van der Waals surface area (Å²) in [4.78, 5) is -1.68. The minimum Gasteiger partial charge on any atom is -0.493 e. The van der Waals surface area contributed by atoms with Gasteiger partial charge in [0.15, 0.2) is 11.4 Å². The maximum atomic E-state index is 14.0. The highest BCUT2D eigenvalue weighted by Crippen LogP contribution is 2.29. The molecule has 6 aromatic carbocycles. The van der Waals surface area contributed by atoms with E-state index in [1.54, 1.807) is 13.8 Å². The number of aryl methyl sites for hydroxylation is 2. The summed E-state index contributed by atoms with van der Waals surface area (Å²) in [5.74, 6) is -0.423. The highest BCUT2D eigenvalue weighted by Gasteiger charge is 2.40. The molecule has 376 valence electrons. The van der Waals surface area contributed by atoms with Crippen LogP contribution in [0.5, 0.6) is 23.0 Å². The van der Waals surface area contributed by atoms with Crippen LogP contribution in [-0.4, -0.2) is 70.7 Å². The van der Waals surface area contributed by atoms with Crippen LogP contribution in [0.1, 0.15) is 28.7 Å². The van der Waals surface area contributed by atoms with Gasteiger partial charge in [0, 0.05) is 17.5 Å². The van der Waals surface area contributed by atoms with E-state index in [9.17, 15) is 60.0 Å². The number of benzene rings is 6. The Bertz CT molecular complexity index is 3110. The maximum absolute atomic E-state index is 14.0. The third kappa shape index (κ3) is 14.5. The van der Waals surface area contributed by atoms with Gasteiger partial charge in [0.25, 0.3) is 0 Å². The van der Waals surface area contributed by atoms with Crippen LogP contribution in [-0.2, 0) is 49.0 Å². The summed E-state index contributed by atoms with van der Waals surface area (Å²) >= 11 is 0. The van der Waals surface area contributed by atoms with Crippen molar-refractivity contribution in [2.75, 3.05) is 13.2 Å². The van der Waals surface area contributed by atoms with E-state index in [1.165, 1.54) is 48.5 Å². The van der Waals surface area contributed by atoms with Crippen molar-refractivity contribution in [1.82, 2.24) is 0 Å². The van der Waals surface area contributed by atoms with Crippen LogP contribution >= 0.6 is 0 Å². The van der Waals surface area contributed by atoms with Crippen molar-refractivity contribution in [3.8, 4) is 23.0 Å². The smallest absolute Gasteiger partial charge is 0.437 e. The molecule has 6 aromatic rings. The SMILES string of the molecule is Cc1ccc(S(=O)(=O)Oc2ccc(S(=O)(=O)O/N=C(/c3ccc(OCCCOc4ccc(/C(=N/OS(=O)(=O)c5ccc(OS(=O)(=O)c6ccc(C)cc6)cc5)C(F)(F)F)cc4)cc3)C(F)(F)F)cc2)cc1. The molecule has 0 spiro atoms. The number of oxime groups is 2. The molecule has 0 saturated heterocycles. The molecule has 0 heterocycles. The molecule has 0 aliphatic carbocycles. The zero-order valence-electron chi connectivity index (χ0n) is 36.5. The third-order valence-corrected chi connectivity index (χ3v) is 14.1. The fourth-order valence-electron chi connectivity index (χ4n) is 5.74. The standard InChI is InChI=1S/C45H36F6N2O14S4/c1-30-4-20-38(21-5-30)68(54,55)64-36-16-24-40(25-17-36)70(58,59)66-52-42(44(46,47)48)32-8-12-34(13-9-32)62-28-3-29-63-35-14-10-33(11-15-35)43(45(49,50)51)53-67-71(60,61)41-26-18-37(19-27-41)65-69(56,57)39-22-6-31(2)7-23-39/h4-27H,3,28-29H2,1-2H3/b52-42-,53-43-. The quantitative estimate of drug-likeness (QED) is 0.0229. The highest BCUT2D eigenvalue weighted by molar-refractivity contribution is 7.87. The van der Waals surface area contributed by atoms with Gasteiger partial charge in [0.1, 0.15) is 42.6 Å². The van der Waals surface area contributed by atoms with Crippen LogP contribution in [0.15, 0.2) is 175 Å². The van der Waals surface area contributed by atoms with Crippen molar-refractivity contribution in [3.05, 3.63) is 168 Å². The minimum atomic E-state index is -5.20. The number of nitrogens with zero attached hydrogens (tertiary/aromatic N) is 2. The Morgan fingerprint density at radius 3 is 0.958 bits per heavy atom. The van der Waals surface area contributed by atoms with E-state index in [-0.39, 0.29) is 52.4 Å². The molecule has 0 unspecified atom stereocenters. The van der Waals surface area contributed by atoms with Crippen molar-refractivity contribution < 1.29 is 86.4 Å². The molecule has 0 aromatic heterocycles. The summed E-state index contributed by atoms with van der Waals surface area (Å²) in [5, 5.41) is 5.74. The maximum Gasteiger partial charge on any atom is 0.437 e. The van der Waals surface area contributed by atoms with E-state index in [0.717, 1.165) is 108 Å². The van der Waals surface area contributed by atoms with E-state index in [2.05, 4.69) is 18.9 Å². The van der Waals surface area contributed by atoms with Crippen molar-refractivity contribution in [3.63, 3.8) is 0 Å². The number of hydrogen-bond acceptors (Lipinski definition) is 16. The largest absolute Gasteiger partial charge is 0.493 e. The molecule has 0 aliphatic heterocycles. The average Bonchev–Trinajstić information content (AvgIpc) is 3.29. The van der Waals surface area contributed by atoms with E-state index in [4.69, 9.17) is 17.8 Å². The predicted octanol–water partition coefficient (Wildman–Crippen LogP) is 9.03. The third-order valence-electron chi connectivity index (χ3n) is 9.33. The summed E-state index contributed by atoms with van der Waals surface area (Å²) in [6, 6.07) is 26.9. The number of alkyl halides is 6. The van der Waals surface area contributed by atoms with Gasteiger partial charge in [-0.3, -0.25) is 8.57 Å². The van der Waals surface area contributed by atoms with E-state index in [1.807, 2.05) is 0 Å². The lowest BCUT2D eigenvalue weighted by atomic mass is 10.1. The predicted molar refractivity (Wildman–Crippen MR) is 241 cm³/mol. The lowest BCUT2D eigenvalue weighted by Crippen LogP contribution is -2.25. The second-order valence-corrected chi connectivity index (χ2v) is 20.8. The van der Waals surface area contributed by atoms with Gasteiger partial charge >= 0.3 is 52.8 Å². The summed E-state index contributed by atoms with van der Waals surface area (Å²) in [5.41, 5.74) is -3.06. The first-order chi connectivity index (χ1) is 33.2. The Balaban J connectivity index is 0.990. The van der Waals surface area contributed by atoms with E-state index < -0.39 is 85.2 Å². The van der Waals surface area contributed by atoms with Gasteiger partial charge in [-0.15, -0.1) is 0 Å². The Kier molecular flexibility index (Phi) is 16.1. The van der Waals surface area contributed by atoms with Crippen LogP contribution in [0.3, 0.4) is 0 Å². The molecule has 0 saturated carbocycles. The zero-order valence-corrected chi connectivity index (χ0v) is 39.8. The first-order valence-corrected chi connectivity index (χ1v) is 25.7. The summed E-state index contributed by atoms with van der Waals surface area (Å²) in [6.45, 7) is 3.37. The molecule has 0 aliphatic rings. The molecule has 26 heteroatoms. The zero-order chi connectivity index (χ0) is 51.8. The fraction of sp³-hybridized carbons (Fsp3) is 0.156. The Morgan fingerprint density at radius 1 is 0.394 bits per heavy atom. The molecule has 0 radical (unpaired) electrons. The van der Waals surface area contributed by atoms with Crippen LogP contribution < -0.4 is 17.8 Å². The van der Waals surface area contributed by atoms with Gasteiger partial charge in [-0.05, 0) is 135 Å². The van der Waals surface area contributed by atoms with Crippen molar-refractivity contribution >= 4 is 51.9 Å². The lowest BCUT2D eigenvalue weighted by molar-refractivity contribution is -0.0606. The molecule has 0 atom stereocenters. The molecule has 0 N–H and O–H groups in total. The van der Waals surface area contributed by atoms with Gasteiger partial charge in [-0.25, -0.2) is 0 Å². The topological polar surface area (TPSA) is 217 Å². The lowest BCUT2D eigenvalue weighted by Gasteiger charge is -2.13. The number of ether oxygens (including phenoxy) is 2. The van der Waals surface area contributed by atoms with Gasteiger partial charge in [-0.2, -0.15) is 60.0 Å². The summed E-state index contributed by atoms with van der Waals surface area (Å²) in [6.07, 6.45) is -10.2. The monoisotopic (exact) mass is 1070 g/mol. The van der Waals surface area contributed by atoms with Crippen molar-refractivity contribution in [1.29, 1.82) is 0 Å². The van der Waals surface area contributed by atoms with Gasteiger partial charge in [0.05, 0.1) is 13.2 Å². The molecular weight excluding hydrogens is 1030 g/mol. The molecule has 16 nitrogen and oxygen atoms in total. The summed E-state index contributed by atoms with van der Waals surface area (Å²) in [7, 11) is -18.5. The minimum absolute atomic E-state index is 0.0559. The van der Waals surface area contributed by atoms with Gasteiger partial charge in [-0.1, -0.05) is 45.7 Å². The fourth-order valence-corrected chi connectivity index (χ4v) is 9.05. The second kappa shape index (κ2) is 21.5. The highest BCUT2D eigenvalue weighted by atomic mass is 32.2. The molecule has 0 fully saturated rings. The van der Waals surface area contributed by atoms with Crippen LogP contribution in [0, 0.1) is 13.8 Å². The molecule has 71 heavy (non-hydrogen) atoms. The Labute approximate surface area is 403 Å². The first kappa shape index (κ1) is 53.2. The number of hydrogen-bond donors (Lipinski definition) is 0. The normalized spacial score (nSPS) is 13.0. The van der Waals surface area contributed by atoms with Crippen molar-refractivity contribution in [2.45, 2.75) is 52.2 Å². The number of rotatable bonds is 20. The van der Waals surface area contributed by atoms with Crippen molar-refractivity contribution in [2.24, 2.45) is 10.3 Å². The Morgan fingerprint density at radius 2 is 0.662 bits per heavy atom. The number of halogens is 6. The molecule has 6 rings (SSSR count). The van der Waals surface area contributed by atoms with Gasteiger partial charge in [0.2, 0.25) is 0 Å². The molecule has 0 amide bonds. The van der Waals surface area contributed by atoms with Gasteiger partial charge < -0.3 is 17.8 Å².